The maximum absolute atomic E-state index is 15.4. The fourth-order valence-corrected chi connectivity index (χ4v) is 4.31. The van der Waals surface area contributed by atoms with E-state index in [2.05, 4.69) is 0 Å². The van der Waals surface area contributed by atoms with Crippen LogP contribution in [0.25, 0.3) is 10.9 Å². The third kappa shape index (κ3) is 2.74. The fraction of sp³-hybridized carbons (Fsp3) is 0.500. The number of piperidine rings is 1. The molecular formula is C20H25FN4O3. The van der Waals surface area contributed by atoms with Crippen LogP contribution in [0.5, 0.6) is 0 Å². The second kappa shape index (κ2) is 6.48. The topological polar surface area (TPSA) is 115 Å². The zero-order valence-corrected chi connectivity index (χ0v) is 16.0. The number of benzene rings is 1. The molecule has 2 aliphatic rings. The van der Waals surface area contributed by atoms with Gasteiger partial charge in [-0.15, -0.1) is 0 Å². The monoisotopic (exact) mass is 388 g/mol. The average Bonchev–Trinajstić information content (AvgIpc) is 3.47. The zero-order valence-electron chi connectivity index (χ0n) is 16.0. The smallest absolute Gasteiger partial charge is 0.341 e. The molecule has 1 saturated carbocycles. The van der Waals surface area contributed by atoms with Crippen molar-refractivity contribution in [1.29, 1.82) is 0 Å². The van der Waals surface area contributed by atoms with E-state index in [1.165, 1.54) is 6.20 Å². The molecule has 0 unspecified atom stereocenters. The third-order valence-electron chi connectivity index (χ3n) is 6.12. The van der Waals surface area contributed by atoms with Gasteiger partial charge < -0.3 is 26.0 Å². The van der Waals surface area contributed by atoms with Gasteiger partial charge in [0.2, 0.25) is 5.43 Å². The molecular weight excluding hydrogens is 363 g/mol. The number of rotatable bonds is 3. The molecule has 2 heterocycles. The average molecular weight is 388 g/mol. The van der Waals surface area contributed by atoms with E-state index >= 15 is 4.39 Å². The zero-order chi connectivity index (χ0) is 20.3. The summed E-state index contributed by atoms with van der Waals surface area (Å²) in [6.07, 6.45) is 3.90. The van der Waals surface area contributed by atoms with Crippen LogP contribution in [-0.4, -0.2) is 34.8 Å². The highest BCUT2D eigenvalue weighted by Crippen LogP contribution is 2.42. The number of carboxylic acids is 1. The Labute approximate surface area is 161 Å². The van der Waals surface area contributed by atoms with E-state index in [0.29, 0.717) is 29.9 Å². The van der Waals surface area contributed by atoms with Crippen LogP contribution < -0.4 is 21.8 Å². The first-order valence-corrected chi connectivity index (χ1v) is 9.62. The van der Waals surface area contributed by atoms with E-state index < -0.39 is 17.2 Å². The second-order valence-corrected chi connectivity index (χ2v) is 8.12. The van der Waals surface area contributed by atoms with E-state index in [9.17, 15) is 14.7 Å². The molecule has 4 rings (SSSR count). The highest BCUT2D eigenvalue weighted by atomic mass is 19.1. The normalized spacial score (nSPS) is 22.6. The number of carbonyl (C=O) groups is 1. The first-order valence-electron chi connectivity index (χ1n) is 9.62. The first kappa shape index (κ1) is 18.7. The minimum absolute atomic E-state index is 0.0349. The Morgan fingerprint density at radius 1 is 1.32 bits per heavy atom. The van der Waals surface area contributed by atoms with Crippen LogP contribution in [-0.2, 0) is 0 Å². The van der Waals surface area contributed by atoms with Crippen molar-refractivity contribution in [2.45, 2.75) is 45.2 Å². The summed E-state index contributed by atoms with van der Waals surface area (Å²) in [6, 6.07) is 0.173. The lowest BCUT2D eigenvalue weighted by Crippen LogP contribution is -2.46. The molecule has 1 aromatic carbocycles. The number of nitrogen functional groups attached to an aromatic ring is 1. The SMILES string of the molecule is Cc1c(N2CC[C@H](N)[C@@H](C)C2)c(F)c(N)c2c(=O)c(C(=O)O)cn(C3CC3)c12. The van der Waals surface area contributed by atoms with Gasteiger partial charge in [0.05, 0.1) is 22.3 Å². The van der Waals surface area contributed by atoms with Crippen LogP contribution in [0.2, 0.25) is 0 Å². The number of carboxylic acid groups (broad SMARTS) is 1. The maximum atomic E-state index is 15.4. The van der Waals surface area contributed by atoms with Crippen LogP contribution in [0, 0.1) is 18.7 Å². The van der Waals surface area contributed by atoms with Crippen LogP contribution in [0.3, 0.4) is 0 Å². The lowest BCUT2D eigenvalue weighted by atomic mass is 9.93. The number of aryl methyl sites for hydroxylation is 1. The van der Waals surface area contributed by atoms with Crippen LogP contribution in [0.1, 0.15) is 48.1 Å². The molecule has 5 N–H and O–H groups in total. The molecule has 2 atom stereocenters. The first-order chi connectivity index (χ1) is 13.2. The molecule has 2 aromatic rings. The Balaban J connectivity index is 2.02. The molecule has 1 aromatic heterocycles. The summed E-state index contributed by atoms with van der Waals surface area (Å²) in [5, 5.41) is 9.39. The summed E-state index contributed by atoms with van der Waals surface area (Å²) in [4.78, 5) is 26.3. The van der Waals surface area contributed by atoms with Crippen molar-refractivity contribution in [3.63, 3.8) is 0 Å². The predicted molar refractivity (Wildman–Crippen MR) is 107 cm³/mol. The summed E-state index contributed by atoms with van der Waals surface area (Å²) in [5.74, 6) is -1.79. The number of aromatic carboxylic acids is 1. The lowest BCUT2D eigenvalue weighted by molar-refractivity contribution is 0.0695. The molecule has 0 bridgehead atoms. The Morgan fingerprint density at radius 2 is 2.00 bits per heavy atom. The largest absolute Gasteiger partial charge is 0.477 e. The molecule has 1 aliphatic heterocycles. The Kier molecular flexibility index (Phi) is 4.33. The summed E-state index contributed by atoms with van der Waals surface area (Å²) in [6.45, 7) is 5.02. The molecule has 150 valence electrons. The van der Waals surface area contributed by atoms with Gasteiger partial charge in [-0.3, -0.25) is 4.79 Å². The molecule has 7 nitrogen and oxygen atoms in total. The summed E-state index contributed by atoms with van der Waals surface area (Å²) in [5.41, 5.74) is 12.3. The Morgan fingerprint density at radius 3 is 2.57 bits per heavy atom. The molecule has 0 spiro atoms. The standard InChI is InChI=1S/C20H25FN4O3/c1-9-7-24(6-5-13(9)22)18-10(2)17-14(16(23)15(18)21)19(26)12(20(27)28)8-25(17)11-3-4-11/h8-9,11,13H,3-7,22-23H2,1-2H3,(H,27,28)/t9-,13-/m0/s1. The maximum Gasteiger partial charge on any atom is 0.341 e. The number of pyridine rings is 1. The van der Waals surface area contributed by atoms with E-state index in [1.54, 1.807) is 11.5 Å². The van der Waals surface area contributed by atoms with Gasteiger partial charge >= 0.3 is 5.97 Å². The van der Waals surface area contributed by atoms with Crippen LogP contribution in [0.4, 0.5) is 15.8 Å². The van der Waals surface area contributed by atoms with Crippen LogP contribution in [0.15, 0.2) is 11.0 Å². The summed E-state index contributed by atoms with van der Waals surface area (Å²) in [7, 11) is 0. The molecule has 0 radical (unpaired) electrons. The van der Waals surface area contributed by atoms with Crippen molar-refractivity contribution in [1.82, 2.24) is 4.57 Å². The molecule has 0 amide bonds. The van der Waals surface area contributed by atoms with Gasteiger partial charge in [0.25, 0.3) is 0 Å². The van der Waals surface area contributed by atoms with Crippen molar-refractivity contribution >= 4 is 28.2 Å². The number of fused-ring (bicyclic) bond motifs is 1. The highest BCUT2D eigenvalue weighted by Gasteiger charge is 2.33. The Bertz CT molecular complexity index is 1040. The van der Waals surface area contributed by atoms with E-state index in [1.807, 2.05) is 11.8 Å². The predicted octanol–water partition coefficient (Wildman–Crippen LogP) is 2.24. The fourth-order valence-electron chi connectivity index (χ4n) is 4.31. The van der Waals surface area contributed by atoms with Crippen molar-refractivity contribution in [3.8, 4) is 0 Å². The number of hydrogen-bond acceptors (Lipinski definition) is 5. The van der Waals surface area contributed by atoms with Gasteiger partial charge in [-0.25, -0.2) is 9.18 Å². The molecule has 28 heavy (non-hydrogen) atoms. The summed E-state index contributed by atoms with van der Waals surface area (Å²) >= 11 is 0. The molecule has 1 aliphatic carbocycles. The number of nitrogens with two attached hydrogens (primary N) is 2. The number of anilines is 2. The van der Waals surface area contributed by atoms with Gasteiger partial charge in [0.1, 0.15) is 5.56 Å². The molecule has 2 fully saturated rings. The minimum Gasteiger partial charge on any atom is -0.477 e. The van der Waals surface area contributed by atoms with Gasteiger partial charge in [-0.1, -0.05) is 6.92 Å². The minimum atomic E-state index is -1.33. The molecule has 1 saturated heterocycles. The molecule has 8 heteroatoms. The van der Waals surface area contributed by atoms with Crippen molar-refractivity contribution in [2.75, 3.05) is 23.7 Å². The van der Waals surface area contributed by atoms with Crippen molar-refractivity contribution < 1.29 is 14.3 Å². The van der Waals surface area contributed by atoms with Crippen molar-refractivity contribution in [3.05, 3.63) is 33.4 Å². The third-order valence-corrected chi connectivity index (χ3v) is 6.12. The number of nitrogens with zero attached hydrogens (tertiary/aromatic N) is 2. The number of halogens is 1. The lowest BCUT2D eigenvalue weighted by Gasteiger charge is -2.38. The van der Waals surface area contributed by atoms with Crippen LogP contribution >= 0.6 is 0 Å². The van der Waals surface area contributed by atoms with Gasteiger partial charge in [-0.2, -0.15) is 0 Å². The van der Waals surface area contributed by atoms with Gasteiger partial charge in [0.15, 0.2) is 5.82 Å². The van der Waals surface area contributed by atoms with E-state index in [0.717, 1.165) is 19.3 Å². The second-order valence-electron chi connectivity index (χ2n) is 8.12. The van der Waals surface area contributed by atoms with E-state index in [4.69, 9.17) is 11.5 Å². The highest BCUT2D eigenvalue weighted by molar-refractivity contribution is 6.01. The van der Waals surface area contributed by atoms with E-state index in [-0.39, 0.29) is 34.6 Å². The quantitative estimate of drug-likeness (QED) is 0.695. The van der Waals surface area contributed by atoms with Gasteiger partial charge in [0, 0.05) is 31.4 Å². The van der Waals surface area contributed by atoms with Crippen molar-refractivity contribution in [2.24, 2.45) is 11.7 Å². The Hall–Kier alpha value is -2.61. The summed E-state index contributed by atoms with van der Waals surface area (Å²) < 4.78 is 17.2. The number of hydrogen-bond donors (Lipinski definition) is 3. The van der Waals surface area contributed by atoms with Gasteiger partial charge in [-0.05, 0) is 37.7 Å². The number of aromatic nitrogens is 1.